The van der Waals surface area contributed by atoms with Gasteiger partial charge in [0.15, 0.2) is 0 Å². The number of rotatable bonds is 3. The second kappa shape index (κ2) is 3.94. The highest BCUT2D eigenvalue weighted by molar-refractivity contribution is 7.93. The van der Waals surface area contributed by atoms with Gasteiger partial charge in [0.25, 0.3) is 0 Å². The maximum absolute atomic E-state index is 14.0. The van der Waals surface area contributed by atoms with E-state index in [-0.39, 0.29) is 11.2 Å². The summed E-state index contributed by atoms with van der Waals surface area (Å²) < 4.78 is 28.5. The number of anilines is 1. The summed E-state index contributed by atoms with van der Waals surface area (Å²) in [4.78, 5) is 9.09. The molecule has 0 aromatic heterocycles. The van der Waals surface area contributed by atoms with E-state index in [0.717, 1.165) is 6.82 Å². The van der Waals surface area contributed by atoms with Gasteiger partial charge in [0, 0.05) is 5.69 Å². The summed E-state index contributed by atoms with van der Waals surface area (Å²) in [6.07, 6.45) is -3.42. The lowest BCUT2D eigenvalue weighted by Crippen LogP contribution is -2.40. The van der Waals surface area contributed by atoms with Crippen LogP contribution in [0.4, 0.5) is 10.0 Å². The number of benzene rings is 1. The molecule has 0 bridgehead atoms. The molecule has 0 fully saturated rings. The number of hydrogen-bond donors (Lipinski definition) is 3. The van der Waals surface area contributed by atoms with Crippen molar-refractivity contribution in [2.45, 2.75) is 6.82 Å². The Morgan fingerprint density at radius 1 is 1.60 bits per heavy atom. The van der Waals surface area contributed by atoms with Gasteiger partial charge in [-0.2, -0.15) is 10.1 Å². The molecule has 5 nitrogen and oxygen atoms in total. The number of nitrogens with two attached hydrogens (primary N) is 1. The Morgan fingerprint density at radius 3 is 2.67 bits per heavy atom. The second-order valence-electron chi connectivity index (χ2n) is 3.42. The zero-order valence-electron chi connectivity index (χ0n) is 8.00. The van der Waals surface area contributed by atoms with Gasteiger partial charge in [0.05, 0.1) is 0 Å². The fourth-order valence-electron chi connectivity index (χ4n) is 1.16. The summed E-state index contributed by atoms with van der Waals surface area (Å²) >= 11 is 0. The monoisotopic (exact) mass is 234 g/mol. The fourth-order valence-corrected chi connectivity index (χ4v) is 1.88. The molecule has 4 N–H and O–H groups in total. The maximum Gasteiger partial charge on any atom is 0.306 e. The van der Waals surface area contributed by atoms with Crippen LogP contribution >= 0.6 is 7.47 Å². The van der Waals surface area contributed by atoms with Crippen molar-refractivity contribution >= 4 is 24.8 Å². The van der Waals surface area contributed by atoms with Gasteiger partial charge >= 0.3 is 6.14 Å². The summed E-state index contributed by atoms with van der Waals surface area (Å²) in [6, 6.07) is 5.49. The van der Waals surface area contributed by atoms with Crippen LogP contribution in [-0.2, 0) is 9.24 Å². The third-order valence-corrected chi connectivity index (χ3v) is 4.01. The molecule has 0 radical (unpaired) electrons. The normalized spacial score (nSPS) is 19.2. The van der Waals surface area contributed by atoms with Crippen molar-refractivity contribution in [3.63, 3.8) is 0 Å². The number of nitrogen functional groups attached to an aromatic ring is 1. The van der Waals surface area contributed by atoms with Crippen molar-refractivity contribution in [3.05, 3.63) is 24.3 Å². The van der Waals surface area contributed by atoms with Crippen molar-refractivity contribution in [1.82, 2.24) is 0 Å². The van der Waals surface area contributed by atoms with Crippen LogP contribution in [0.5, 0.6) is 0 Å². The van der Waals surface area contributed by atoms with Gasteiger partial charge in [-0.1, -0.05) is 18.2 Å². The summed E-state index contributed by atoms with van der Waals surface area (Å²) in [5, 5.41) is 8.19. The first-order valence-corrected chi connectivity index (χ1v) is 5.85. The molecule has 0 saturated heterocycles. The Morgan fingerprint density at radius 2 is 2.20 bits per heavy atom. The van der Waals surface area contributed by atoms with Crippen molar-refractivity contribution in [3.8, 4) is 0 Å². The molecule has 0 aliphatic rings. The molecule has 15 heavy (non-hydrogen) atoms. The molecule has 0 heterocycles. The van der Waals surface area contributed by atoms with Crippen molar-refractivity contribution in [2.24, 2.45) is 0 Å². The molecule has 0 aliphatic carbocycles. The smallest absolute Gasteiger partial charge is 0.306 e. The maximum atomic E-state index is 14.0. The van der Waals surface area contributed by atoms with E-state index in [0.29, 0.717) is 0 Å². The average molecular weight is 234 g/mol. The first kappa shape index (κ1) is 12.2. The molecule has 1 aromatic carbocycles. The molecule has 1 rings (SSSR count). The molecule has 2 unspecified atom stereocenters. The number of halogens is 1. The lowest BCUT2D eigenvalue weighted by atomic mass is 9.64. The van der Waals surface area contributed by atoms with Gasteiger partial charge in [0.2, 0.25) is 7.47 Å². The van der Waals surface area contributed by atoms with E-state index in [2.05, 4.69) is 4.67 Å². The van der Waals surface area contributed by atoms with Crippen molar-refractivity contribution in [1.29, 1.82) is 0 Å². The van der Waals surface area contributed by atoms with Crippen LogP contribution in [0.3, 0.4) is 0 Å². The third kappa shape index (κ3) is 2.21. The predicted molar refractivity (Wildman–Crippen MR) is 56.8 cm³/mol. The zero-order chi connectivity index (χ0) is 11.7. The molecule has 0 spiro atoms. The molecule has 8 heteroatoms. The number of hydrogen-bond acceptors (Lipinski definition) is 4. The predicted octanol–water partition coefficient (Wildman–Crippen LogP) is 1.19. The highest BCUT2D eigenvalue weighted by atomic mass is 31.2. The minimum Gasteiger partial charge on any atom is -0.494 e. The third-order valence-electron chi connectivity index (χ3n) is 2.25. The van der Waals surface area contributed by atoms with E-state index in [1.807, 2.05) is 0 Å². The van der Waals surface area contributed by atoms with Gasteiger partial charge in [-0.25, -0.2) is 5.26 Å². The van der Waals surface area contributed by atoms with Crippen molar-refractivity contribution in [2.75, 3.05) is 5.73 Å². The fraction of sp³-hybridized carbons (Fsp3) is 0.143. The van der Waals surface area contributed by atoms with E-state index < -0.39 is 13.6 Å². The van der Waals surface area contributed by atoms with E-state index in [1.165, 1.54) is 24.3 Å². The lowest BCUT2D eigenvalue weighted by Gasteiger charge is -2.30. The average Bonchev–Trinajstić information content (AvgIpc) is 2.17. The first-order chi connectivity index (χ1) is 6.81. The molecular formula is C7H11BFNO4P-. The van der Waals surface area contributed by atoms with Crippen LogP contribution in [0, 0.1) is 0 Å². The van der Waals surface area contributed by atoms with Crippen LogP contribution in [0.25, 0.3) is 0 Å². The second-order valence-corrected chi connectivity index (χ2v) is 5.68. The molecule has 2 atom stereocenters. The largest absolute Gasteiger partial charge is 0.494 e. The van der Waals surface area contributed by atoms with Gasteiger partial charge in [0.1, 0.15) is 0 Å². The standard InChI is InChI=1S/C7H11BFNO4P/c1-8(9,15(12,13)14-11)6-3-2-4-7(10)5-6/h2-5,11H,10H2,1H3,(H,12,13)/q-1. The summed E-state index contributed by atoms with van der Waals surface area (Å²) in [5.74, 6) is 0. The van der Waals surface area contributed by atoms with E-state index in [1.54, 1.807) is 0 Å². The molecule has 1 aromatic rings. The van der Waals surface area contributed by atoms with Gasteiger partial charge in [-0.15, -0.1) is 6.82 Å². The van der Waals surface area contributed by atoms with Crippen LogP contribution in [0.1, 0.15) is 0 Å². The van der Waals surface area contributed by atoms with Gasteiger partial charge in [-0.3, -0.25) is 0 Å². The van der Waals surface area contributed by atoms with Crippen LogP contribution in [0.15, 0.2) is 24.3 Å². The van der Waals surface area contributed by atoms with E-state index in [9.17, 15) is 8.88 Å². The molecular weight excluding hydrogens is 223 g/mol. The topological polar surface area (TPSA) is 92.8 Å². The van der Waals surface area contributed by atoms with E-state index >= 15 is 0 Å². The molecule has 0 aliphatic heterocycles. The quantitative estimate of drug-likeness (QED) is 0.240. The first-order valence-electron chi connectivity index (χ1n) is 4.20. The molecule has 84 valence electrons. The Labute approximate surface area is 86.1 Å². The van der Waals surface area contributed by atoms with Crippen molar-refractivity contribution < 1.29 is 23.7 Å². The van der Waals surface area contributed by atoms with Crippen LogP contribution in [0.2, 0.25) is 6.82 Å². The molecule has 0 saturated carbocycles. The minimum absolute atomic E-state index is 0.0742. The Kier molecular flexibility index (Phi) is 3.20. The van der Waals surface area contributed by atoms with Gasteiger partial charge < -0.3 is 19.5 Å². The van der Waals surface area contributed by atoms with Crippen LogP contribution < -0.4 is 11.2 Å². The van der Waals surface area contributed by atoms with E-state index in [4.69, 9.17) is 15.9 Å². The Hall–Kier alpha value is -0.875. The Bertz CT molecular complexity index is 414. The molecule has 0 amide bonds. The highest BCUT2D eigenvalue weighted by Gasteiger charge is 2.41. The van der Waals surface area contributed by atoms with Gasteiger partial charge in [-0.05, 0) is 6.07 Å². The highest BCUT2D eigenvalue weighted by Crippen LogP contribution is 2.51. The minimum atomic E-state index is -4.72. The SMILES string of the molecule is C[B-](F)(c1cccc(N)c1)P(=O)(O)OO. The van der Waals surface area contributed by atoms with Crippen LogP contribution in [-0.4, -0.2) is 16.3 Å². The lowest BCUT2D eigenvalue weighted by molar-refractivity contribution is -0.142. The zero-order valence-corrected chi connectivity index (χ0v) is 8.89. The summed E-state index contributed by atoms with van der Waals surface area (Å²) in [6.45, 7) is 0.895. The summed E-state index contributed by atoms with van der Waals surface area (Å²) in [5.41, 5.74) is 5.59. The Balaban J connectivity index is 3.22. The summed E-state index contributed by atoms with van der Waals surface area (Å²) in [7, 11) is -4.72.